The first kappa shape index (κ1) is 31.5. The SMILES string of the molecule is CC(C)(C)O[C@H]1[C@@H](CN2CCN(c3cnccn3)CC2)OCC[C@H]1C1=CC=C1.CCC(F)(F)C1=CC=CC(C)(O)C1. The molecule has 0 aromatic carbocycles. The topological polar surface area (TPSA) is 71.0 Å². The molecule has 0 bridgehead atoms. The largest absolute Gasteiger partial charge is 0.386 e. The molecule has 9 heteroatoms. The summed E-state index contributed by atoms with van der Waals surface area (Å²) >= 11 is 0. The third-order valence-electron chi connectivity index (χ3n) is 7.92. The molecule has 2 aliphatic heterocycles. The minimum absolute atomic E-state index is 0.0162. The van der Waals surface area contributed by atoms with E-state index in [9.17, 15) is 13.9 Å². The highest BCUT2D eigenvalue weighted by atomic mass is 19.3. The zero-order valence-corrected chi connectivity index (χ0v) is 25.1. The van der Waals surface area contributed by atoms with Crippen LogP contribution < -0.4 is 4.90 Å². The Kier molecular flexibility index (Phi) is 10.2. The zero-order chi connectivity index (χ0) is 29.7. The molecule has 1 aromatic heterocycles. The summed E-state index contributed by atoms with van der Waals surface area (Å²) < 4.78 is 39.1. The van der Waals surface area contributed by atoms with E-state index in [1.54, 1.807) is 12.4 Å². The van der Waals surface area contributed by atoms with E-state index >= 15 is 0 Å². The lowest BCUT2D eigenvalue weighted by atomic mass is 9.81. The third-order valence-corrected chi connectivity index (χ3v) is 7.92. The maximum atomic E-state index is 13.2. The van der Waals surface area contributed by atoms with E-state index in [2.05, 4.69) is 58.8 Å². The van der Waals surface area contributed by atoms with Crippen LogP contribution in [0.3, 0.4) is 0 Å². The van der Waals surface area contributed by atoms with Gasteiger partial charge < -0.3 is 19.5 Å². The predicted molar refractivity (Wildman–Crippen MR) is 158 cm³/mol. The maximum Gasteiger partial charge on any atom is 0.269 e. The number of rotatable bonds is 7. The smallest absolute Gasteiger partial charge is 0.269 e. The minimum atomic E-state index is -2.78. The number of piperazine rings is 1. The summed E-state index contributed by atoms with van der Waals surface area (Å²) in [6, 6.07) is 0. The van der Waals surface area contributed by atoms with Crippen LogP contribution in [0, 0.1) is 5.92 Å². The number of allylic oxidation sites excluding steroid dienone is 5. The minimum Gasteiger partial charge on any atom is -0.386 e. The quantitative estimate of drug-likeness (QED) is 0.472. The molecule has 7 nitrogen and oxygen atoms in total. The van der Waals surface area contributed by atoms with Gasteiger partial charge in [0.2, 0.25) is 0 Å². The van der Waals surface area contributed by atoms with Crippen molar-refractivity contribution in [3.05, 3.63) is 66.2 Å². The number of halogens is 2. The predicted octanol–water partition coefficient (Wildman–Crippen LogP) is 5.35. The maximum absolute atomic E-state index is 13.2. The number of hydrogen-bond acceptors (Lipinski definition) is 7. The van der Waals surface area contributed by atoms with Crippen LogP contribution in [0.15, 0.2) is 66.2 Å². The highest BCUT2D eigenvalue weighted by Crippen LogP contribution is 2.37. The van der Waals surface area contributed by atoms with E-state index in [0.29, 0.717) is 5.92 Å². The van der Waals surface area contributed by atoms with Crippen LogP contribution in [0.2, 0.25) is 0 Å². The number of aromatic nitrogens is 2. The summed E-state index contributed by atoms with van der Waals surface area (Å²) in [5.41, 5.74) is 0.126. The van der Waals surface area contributed by atoms with Gasteiger partial charge in [0, 0.05) is 76.1 Å². The van der Waals surface area contributed by atoms with Crippen molar-refractivity contribution < 1.29 is 23.4 Å². The molecule has 2 fully saturated rings. The first-order chi connectivity index (χ1) is 19.4. The van der Waals surface area contributed by atoms with Crippen molar-refractivity contribution in [2.24, 2.45) is 5.92 Å². The van der Waals surface area contributed by atoms with Crippen LogP contribution in [0.25, 0.3) is 0 Å². The lowest BCUT2D eigenvalue weighted by molar-refractivity contribution is -0.175. The van der Waals surface area contributed by atoms with Crippen molar-refractivity contribution in [2.75, 3.05) is 44.2 Å². The Morgan fingerprint density at radius 3 is 2.41 bits per heavy atom. The van der Waals surface area contributed by atoms with Crippen molar-refractivity contribution in [3.8, 4) is 0 Å². The average Bonchev–Trinajstić information content (AvgIpc) is 2.89. The van der Waals surface area contributed by atoms with Gasteiger partial charge in [0.25, 0.3) is 5.92 Å². The highest BCUT2D eigenvalue weighted by Gasteiger charge is 2.40. The van der Waals surface area contributed by atoms with Crippen molar-refractivity contribution >= 4 is 5.82 Å². The second kappa shape index (κ2) is 13.2. The van der Waals surface area contributed by atoms with E-state index < -0.39 is 11.5 Å². The van der Waals surface area contributed by atoms with E-state index in [0.717, 1.165) is 51.6 Å². The van der Waals surface area contributed by atoms with Crippen LogP contribution in [0.5, 0.6) is 0 Å². The molecular formula is C32H46F2N4O3. The van der Waals surface area contributed by atoms with Crippen molar-refractivity contribution in [1.82, 2.24) is 14.9 Å². The van der Waals surface area contributed by atoms with Crippen molar-refractivity contribution in [3.63, 3.8) is 0 Å². The first-order valence-corrected chi connectivity index (χ1v) is 14.8. The molecule has 5 rings (SSSR count). The van der Waals surface area contributed by atoms with Gasteiger partial charge in [-0.15, -0.1) is 0 Å². The summed E-state index contributed by atoms with van der Waals surface area (Å²) in [7, 11) is 0. The van der Waals surface area contributed by atoms with Crippen LogP contribution >= 0.6 is 0 Å². The molecule has 2 aliphatic carbocycles. The molecule has 0 saturated carbocycles. The van der Waals surface area contributed by atoms with Gasteiger partial charge in [0.15, 0.2) is 0 Å². The van der Waals surface area contributed by atoms with E-state index in [4.69, 9.17) is 9.47 Å². The van der Waals surface area contributed by atoms with Gasteiger partial charge in [-0.3, -0.25) is 9.88 Å². The lowest BCUT2D eigenvalue weighted by Gasteiger charge is -2.45. The fourth-order valence-electron chi connectivity index (χ4n) is 5.62. The van der Waals surface area contributed by atoms with Crippen molar-refractivity contribution in [2.45, 2.75) is 83.2 Å². The Bertz CT molecular complexity index is 1120. The second-order valence-corrected chi connectivity index (χ2v) is 12.5. The van der Waals surface area contributed by atoms with Gasteiger partial charge in [-0.2, -0.15) is 0 Å². The molecule has 2 saturated heterocycles. The van der Waals surface area contributed by atoms with Gasteiger partial charge in [-0.1, -0.05) is 43.4 Å². The molecule has 3 heterocycles. The van der Waals surface area contributed by atoms with Gasteiger partial charge in [-0.25, -0.2) is 13.8 Å². The standard InChI is InChI=1S/C22H32N4O2.C10H14F2O/c1-22(2,3)28-21-18(17-5-4-6-17)7-14-27-19(21)16-25-10-12-26(13-11-25)20-15-23-8-9-24-20;1-3-10(11,12)8-5-4-6-9(2,13)7-8/h4-6,8-9,15,18-19,21H,7,10-14,16H2,1-3H3;4-6,13H,3,7H2,1-2H3/t18-,19+,21+;/m0./s1. The normalized spacial score (nSPS) is 28.8. The van der Waals surface area contributed by atoms with Gasteiger partial charge in [0.05, 0.1) is 29.6 Å². The molecule has 0 spiro atoms. The molecular weight excluding hydrogens is 526 g/mol. The van der Waals surface area contributed by atoms with Crippen LogP contribution in [0.4, 0.5) is 14.6 Å². The van der Waals surface area contributed by atoms with Crippen molar-refractivity contribution in [1.29, 1.82) is 0 Å². The number of hydrogen-bond donors (Lipinski definition) is 1. The Labute approximate surface area is 243 Å². The number of alkyl halides is 2. The van der Waals surface area contributed by atoms with Crippen LogP contribution in [-0.4, -0.2) is 88.6 Å². The number of ether oxygens (including phenoxy) is 2. The van der Waals surface area contributed by atoms with Gasteiger partial charge in [0.1, 0.15) is 5.82 Å². The molecule has 4 aliphatic rings. The number of anilines is 1. The van der Waals surface area contributed by atoms with Gasteiger partial charge in [-0.05, 0) is 39.7 Å². The van der Waals surface area contributed by atoms with E-state index in [1.807, 2.05) is 6.20 Å². The highest BCUT2D eigenvalue weighted by molar-refractivity contribution is 5.38. The fourth-order valence-corrected chi connectivity index (χ4v) is 5.62. The average molecular weight is 573 g/mol. The number of aliphatic hydroxyl groups is 1. The van der Waals surface area contributed by atoms with Gasteiger partial charge >= 0.3 is 0 Å². The first-order valence-electron chi connectivity index (χ1n) is 14.8. The Morgan fingerprint density at radius 2 is 1.85 bits per heavy atom. The molecule has 1 aromatic rings. The van der Waals surface area contributed by atoms with Crippen LogP contribution in [-0.2, 0) is 9.47 Å². The molecule has 4 atom stereocenters. The number of nitrogens with zero attached hydrogens (tertiary/aromatic N) is 4. The lowest BCUT2D eigenvalue weighted by Crippen LogP contribution is -2.55. The zero-order valence-electron chi connectivity index (χ0n) is 25.1. The Hall–Kier alpha value is -2.46. The molecule has 41 heavy (non-hydrogen) atoms. The monoisotopic (exact) mass is 572 g/mol. The summed E-state index contributed by atoms with van der Waals surface area (Å²) in [5.74, 6) is -1.38. The van der Waals surface area contributed by atoms with Crippen LogP contribution in [0.1, 0.15) is 53.9 Å². The summed E-state index contributed by atoms with van der Waals surface area (Å²) in [6.07, 6.45) is 17.4. The summed E-state index contributed by atoms with van der Waals surface area (Å²) in [4.78, 5) is 13.4. The molecule has 0 radical (unpaired) electrons. The summed E-state index contributed by atoms with van der Waals surface area (Å²) in [6.45, 7) is 15.1. The Balaban J connectivity index is 0.000000251. The molecule has 1 N–H and O–H groups in total. The third kappa shape index (κ3) is 8.77. The molecule has 226 valence electrons. The van der Waals surface area contributed by atoms with E-state index in [-0.39, 0.29) is 36.2 Å². The fraction of sp³-hybridized carbons (Fsp3) is 0.625. The summed E-state index contributed by atoms with van der Waals surface area (Å²) in [5, 5.41) is 9.54. The Morgan fingerprint density at radius 1 is 1.12 bits per heavy atom. The second-order valence-electron chi connectivity index (χ2n) is 12.5. The molecule has 1 unspecified atom stereocenters. The molecule has 0 amide bonds. The van der Waals surface area contributed by atoms with E-state index in [1.165, 1.54) is 37.6 Å².